The first-order valence-electron chi connectivity index (χ1n) is 5.80. The number of nitro benzene ring substituents is 1. The predicted octanol–water partition coefficient (Wildman–Crippen LogP) is 3.08. The lowest BCUT2D eigenvalue weighted by Crippen LogP contribution is -2.02. The molecule has 0 aliphatic rings. The van der Waals surface area contributed by atoms with Gasteiger partial charge in [0.25, 0.3) is 0 Å². The number of nitro groups is 1. The fraction of sp³-hybridized carbons (Fsp3) is 0.250. The number of nitrogens with zero attached hydrogens (tertiary/aromatic N) is 3. The van der Waals surface area contributed by atoms with Gasteiger partial charge in [0, 0.05) is 24.8 Å². The standard InChI is InChI=1S/C12H13ClN4O2/c1-2-16-8-9(7-15-16)6-14-11-5-3-4-10(13)12(11)17(18)19/h3-5,7-8,14H,2,6H2,1H3. The number of aromatic nitrogens is 2. The summed E-state index contributed by atoms with van der Waals surface area (Å²) in [6.45, 7) is 3.24. The highest BCUT2D eigenvalue weighted by molar-refractivity contribution is 6.33. The molecule has 6 nitrogen and oxygen atoms in total. The van der Waals surface area contributed by atoms with E-state index in [-0.39, 0.29) is 10.7 Å². The Kier molecular flexibility index (Phi) is 4.01. The molecule has 0 unspecified atom stereocenters. The maximum Gasteiger partial charge on any atom is 0.310 e. The number of benzene rings is 1. The first-order valence-corrected chi connectivity index (χ1v) is 6.17. The van der Waals surface area contributed by atoms with Gasteiger partial charge in [-0.05, 0) is 19.1 Å². The van der Waals surface area contributed by atoms with Gasteiger partial charge in [-0.15, -0.1) is 0 Å². The maximum atomic E-state index is 11.0. The fourth-order valence-electron chi connectivity index (χ4n) is 1.71. The largest absolute Gasteiger partial charge is 0.375 e. The Balaban J connectivity index is 2.15. The van der Waals surface area contributed by atoms with Crippen LogP contribution in [0, 0.1) is 10.1 Å². The molecular formula is C12H13ClN4O2. The molecule has 0 saturated carbocycles. The van der Waals surface area contributed by atoms with Gasteiger partial charge < -0.3 is 5.32 Å². The van der Waals surface area contributed by atoms with E-state index in [1.165, 1.54) is 6.07 Å². The fourth-order valence-corrected chi connectivity index (χ4v) is 1.95. The molecule has 2 aromatic rings. The monoisotopic (exact) mass is 280 g/mol. The van der Waals surface area contributed by atoms with Crippen molar-refractivity contribution in [2.45, 2.75) is 20.0 Å². The molecule has 7 heteroatoms. The highest BCUT2D eigenvalue weighted by Crippen LogP contribution is 2.32. The second-order valence-corrected chi connectivity index (χ2v) is 4.36. The van der Waals surface area contributed by atoms with Gasteiger partial charge in [0.05, 0.1) is 11.1 Å². The van der Waals surface area contributed by atoms with Crippen LogP contribution in [0.15, 0.2) is 30.6 Å². The molecule has 19 heavy (non-hydrogen) atoms. The molecule has 100 valence electrons. The first kappa shape index (κ1) is 13.4. The lowest BCUT2D eigenvalue weighted by molar-refractivity contribution is -0.383. The minimum Gasteiger partial charge on any atom is -0.375 e. The minimum atomic E-state index is -0.486. The highest BCUT2D eigenvalue weighted by Gasteiger charge is 2.17. The van der Waals surface area contributed by atoms with Crippen LogP contribution >= 0.6 is 11.6 Å². The number of nitrogens with one attached hydrogen (secondary N) is 1. The van der Waals surface area contributed by atoms with E-state index < -0.39 is 4.92 Å². The topological polar surface area (TPSA) is 73.0 Å². The summed E-state index contributed by atoms with van der Waals surface area (Å²) in [5, 5.41) is 18.2. The summed E-state index contributed by atoms with van der Waals surface area (Å²) in [5.74, 6) is 0. The number of para-hydroxylation sites is 1. The van der Waals surface area contributed by atoms with Gasteiger partial charge in [0.2, 0.25) is 0 Å². The first-order chi connectivity index (χ1) is 9.11. The normalized spacial score (nSPS) is 10.4. The predicted molar refractivity (Wildman–Crippen MR) is 73.3 cm³/mol. The van der Waals surface area contributed by atoms with Crippen molar-refractivity contribution in [3.63, 3.8) is 0 Å². The van der Waals surface area contributed by atoms with Crippen LogP contribution in [0.25, 0.3) is 0 Å². The van der Waals surface area contributed by atoms with E-state index in [9.17, 15) is 10.1 Å². The number of hydrogen-bond donors (Lipinski definition) is 1. The van der Waals surface area contributed by atoms with Crippen LogP contribution in [0.2, 0.25) is 5.02 Å². The Hall–Kier alpha value is -2.08. The van der Waals surface area contributed by atoms with E-state index >= 15 is 0 Å². The molecule has 2 rings (SSSR count). The van der Waals surface area contributed by atoms with Crippen molar-refractivity contribution in [1.29, 1.82) is 0 Å². The van der Waals surface area contributed by atoms with E-state index in [0.29, 0.717) is 12.2 Å². The maximum absolute atomic E-state index is 11.0. The summed E-state index contributed by atoms with van der Waals surface area (Å²) in [5.41, 5.74) is 1.25. The molecule has 0 spiro atoms. The van der Waals surface area contributed by atoms with Crippen molar-refractivity contribution < 1.29 is 4.92 Å². The summed E-state index contributed by atoms with van der Waals surface area (Å²) >= 11 is 5.83. The lowest BCUT2D eigenvalue weighted by atomic mass is 10.2. The Bertz CT molecular complexity index is 597. The van der Waals surface area contributed by atoms with Crippen LogP contribution in [0.5, 0.6) is 0 Å². The average Bonchev–Trinajstić information content (AvgIpc) is 2.83. The quantitative estimate of drug-likeness (QED) is 0.675. The van der Waals surface area contributed by atoms with E-state index in [1.807, 2.05) is 13.1 Å². The molecular weight excluding hydrogens is 268 g/mol. The van der Waals surface area contributed by atoms with Gasteiger partial charge in [-0.2, -0.15) is 5.10 Å². The number of hydrogen-bond acceptors (Lipinski definition) is 4. The Labute approximate surface area is 115 Å². The second-order valence-electron chi connectivity index (χ2n) is 3.95. The zero-order chi connectivity index (χ0) is 13.8. The van der Waals surface area contributed by atoms with Gasteiger partial charge in [-0.3, -0.25) is 14.8 Å². The summed E-state index contributed by atoms with van der Waals surface area (Å²) in [7, 11) is 0. The SMILES string of the molecule is CCn1cc(CNc2cccc(Cl)c2[N+](=O)[O-])cn1. The second kappa shape index (κ2) is 5.71. The van der Waals surface area contributed by atoms with Crippen LogP contribution in [0.1, 0.15) is 12.5 Å². The van der Waals surface area contributed by atoms with Gasteiger partial charge in [0.15, 0.2) is 0 Å². The third kappa shape index (κ3) is 3.03. The third-order valence-electron chi connectivity index (χ3n) is 2.66. The van der Waals surface area contributed by atoms with E-state index in [4.69, 9.17) is 11.6 Å². The van der Waals surface area contributed by atoms with Crippen LogP contribution < -0.4 is 5.32 Å². The zero-order valence-electron chi connectivity index (χ0n) is 10.3. The molecule has 0 amide bonds. The summed E-state index contributed by atoms with van der Waals surface area (Å²) in [6, 6.07) is 4.81. The van der Waals surface area contributed by atoms with E-state index in [2.05, 4.69) is 10.4 Å². The highest BCUT2D eigenvalue weighted by atomic mass is 35.5. The molecule has 0 saturated heterocycles. The molecule has 0 aliphatic heterocycles. The van der Waals surface area contributed by atoms with Gasteiger partial charge >= 0.3 is 5.69 Å². The zero-order valence-corrected chi connectivity index (χ0v) is 11.1. The van der Waals surface area contributed by atoms with Crippen molar-refractivity contribution in [3.05, 3.63) is 51.3 Å². The number of halogens is 1. The molecule has 0 bridgehead atoms. The number of aryl methyl sites for hydroxylation is 1. The molecule has 1 aromatic heterocycles. The van der Waals surface area contributed by atoms with Crippen molar-refractivity contribution in [1.82, 2.24) is 9.78 Å². The van der Waals surface area contributed by atoms with Crippen LogP contribution in [-0.4, -0.2) is 14.7 Å². The van der Waals surface area contributed by atoms with E-state index in [0.717, 1.165) is 12.1 Å². The van der Waals surface area contributed by atoms with Gasteiger partial charge in [-0.25, -0.2) is 0 Å². The summed E-state index contributed by atoms with van der Waals surface area (Å²) < 4.78 is 1.80. The van der Waals surface area contributed by atoms with Crippen molar-refractivity contribution in [2.75, 3.05) is 5.32 Å². The number of rotatable bonds is 5. The number of anilines is 1. The van der Waals surface area contributed by atoms with Crippen molar-refractivity contribution in [3.8, 4) is 0 Å². The summed E-state index contributed by atoms with van der Waals surface area (Å²) in [6.07, 6.45) is 3.62. The van der Waals surface area contributed by atoms with Crippen molar-refractivity contribution in [2.24, 2.45) is 0 Å². The molecule has 0 atom stereocenters. The third-order valence-corrected chi connectivity index (χ3v) is 2.97. The smallest absolute Gasteiger partial charge is 0.310 e. The molecule has 0 aliphatic carbocycles. The average molecular weight is 281 g/mol. The summed E-state index contributed by atoms with van der Waals surface area (Å²) in [4.78, 5) is 10.5. The van der Waals surface area contributed by atoms with Gasteiger partial charge in [-0.1, -0.05) is 17.7 Å². The van der Waals surface area contributed by atoms with Crippen LogP contribution in [0.4, 0.5) is 11.4 Å². The molecule has 1 aromatic carbocycles. The van der Waals surface area contributed by atoms with Crippen LogP contribution in [0.3, 0.4) is 0 Å². The Morgan fingerprint density at radius 3 is 2.95 bits per heavy atom. The van der Waals surface area contributed by atoms with E-state index in [1.54, 1.807) is 23.0 Å². The minimum absolute atomic E-state index is 0.105. The lowest BCUT2D eigenvalue weighted by Gasteiger charge is -2.06. The molecule has 1 N–H and O–H groups in total. The molecule has 0 fully saturated rings. The molecule has 1 heterocycles. The Morgan fingerprint density at radius 1 is 1.53 bits per heavy atom. The molecule has 0 radical (unpaired) electrons. The van der Waals surface area contributed by atoms with Gasteiger partial charge in [0.1, 0.15) is 10.7 Å². The van der Waals surface area contributed by atoms with Crippen LogP contribution in [-0.2, 0) is 13.1 Å². The Morgan fingerprint density at radius 2 is 2.32 bits per heavy atom. The van der Waals surface area contributed by atoms with Crippen molar-refractivity contribution >= 4 is 23.0 Å².